The second kappa shape index (κ2) is 8.47. The average molecular weight is 288 g/mol. The fraction of sp³-hybridized carbons (Fsp3) is 0.462. The Morgan fingerprint density at radius 3 is 2.75 bits per heavy atom. The van der Waals surface area contributed by atoms with E-state index in [9.17, 15) is 14.3 Å². The Morgan fingerprint density at radius 1 is 1.35 bits per heavy atom. The molecule has 1 atom stereocenters. The summed E-state index contributed by atoms with van der Waals surface area (Å²) in [4.78, 5) is 10.9. The molecule has 0 aliphatic rings. The van der Waals surface area contributed by atoms with Crippen LogP contribution in [-0.4, -0.2) is 55.8 Å². The predicted octanol–water partition coefficient (Wildman–Crippen LogP) is 0.927. The van der Waals surface area contributed by atoms with Gasteiger partial charge in [0.25, 0.3) is 0 Å². The lowest BCUT2D eigenvalue weighted by molar-refractivity contribution is -0.00439. The number of hydrogen-bond acceptors (Lipinski definition) is 5. The fourth-order valence-corrected chi connectivity index (χ4v) is 1.39. The summed E-state index contributed by atoms with van der Waals surface area (Å²) in [6, 6.07) is 3.15. The molecule has 0 aliphatic carbocycles. The molecule has 0 fully saturated rings. The van der Waals surface area contributed by atoms with E-state index in [1.807, 2.05) is 0 Å². The van der Waals surface area contributed by atoms with Gasteiger partial charge in [0.05, 0.1) is 19.8 Å². The zero-order valence-corrected chi connectivity index (χ0v) is 11.0. The summed E-state index contributed by atoms with van der Waals surface area (Å²) in [5, 5.41) is 18.5. The van der Waals surface area contributed by atoms with E-state index >= 15 is 0 Å². The normalized spacial score (nSPS) is 12.2. The summed E-state index contributed by atoms with van der Waals surface area (Å²) in [5.74, 6) is -1.97. The summed E-state index contributed by atoms with van der Waals surface area (Å²) in [5.41, 5.74) is -0.294. The molecule has 0 bridgehead atoms. The molecule has 2 N–H and O–H groups in total. The highest BCUT2D eigenvalue weighted by Gasteiger charge is 2.14. The number of ether oxygens (including phenoxy) is 3. The molecule has 112 valence electrons. The lowest BCUT2D eigenvalue weighted by Crippen LogP contribution is -2.24. The van der Waals surface area contributed by atoms with Crippen LogP contribution in [0.3, 0.4) is 0 Å². The van der Waals surface area contributed by atoms with E-state index in [0.29, 0.717) is 13.2 Å². The molecule has 0 amide bonds. The first kappa shape index (κ1) is 16.4. The third kappa shape index (κ3) is 5.52. The number of carboxylic acid groups (broad SMARTS) is 1. The number of hydrogen-bond donors (Lipinski definition) is 2. The fourth-order valence-electron chi connectivity index (χ4n) is 1.39. The molecule has 1 aromatic rings. The highest BCUT2D eigenvalue weighted by molar-refractivity contribution is 5.90. The van der Waals surface area contributed by atoms with Gasteiger partial charge in [-0.25, -0.2) is 9.18 Å². The van der Waals surface area contributed by atoms with Gasteiger partial charge < -0.3 is 24.4 Å². The van der Waals surface area contributed by atoms with E-state index in [1.165, 1.54) is 13.2 Å². The highest BCUT2D eigenvalue weighted by atomic mass is 19.1. The van der Waals surface area contributed by atoms with Gasteiger partial charge in [-0.15, -0.1) is 0 Å². The van der Waals surface area contributed by atoms with Gasteiger partial charge in [0.2, 0.25) is 0 Å². The minimum absolute atomic E-state index is 0.00478. The number of aliphatic hydroxyl groups is 1. The molecule has 1 aromatic carbocycles. The van der Waals surface area contributed by atoms with Crippen LogP contribution in [0.15, 0.2) is 18.2 Å². The van der Waals surface area contributed by atoms with Gasteiger partial charge in [-0.2, -0.15) is 0 Å². The van der Waals surface area contributed by atoms with E-state index in [2.05, 4.69) is 0 Å². The summed E-state index contributed by atoms with van der Waals surface area (Å²) < 4.78 is 28.0. The molecule has 0 heterocycles. The Bertz CT molecular complexity index is 437. The van der Waals surface area contributed by atoms with Gasteiger partial charge >= 0.3 is 5.97 Å². The second-order valence-electron chi connectivity index (χ2n) is 3.98. The number of halogens is 1. The van der Waals surface area contributed by atoms with E-state index in [0.717, 1.165) is 12.1 Å². The average Bonchev–Trinajstić information content (AvgIpc) is 2.42. The number of carbonyl (C=O) groups is 1. The van der Waals surface area contributed by atoms with Crippen molar-refractivity contribution in [2.24, 2.45) is 0 Å². The van der Waals surface area contributed by atoms with Crippen LogP contribution in [-0.2, 0) is 9.47 Å². The van der Waals surface area contributed by atoms with Gasteiger partial charge in [0.1, 0.15) is 29.8 Å². The number of benzene rings is 1. The topological polar surface area (TPSA) is 85.2 Å². The molecule has 6 nitrogen and oxygen atoms in total. The van der Waals surface area contributed by atoms with Crippen LogP contribution < -0.4 is 4.74 Å². The van der Waals surface area contributed by atoms with Crippen molar-refractivity contribution in [1.29, 1.82) is 0 Å². The van der Waals surface area contributed by atoms with E-state index < -0.39 is 17.9 Å². The van der Waals surface area contributed by atoms with Crippen molar-refractivity contribution in [3.8, 4) is 5.75 Å². The minimum atomic E-state index is -1.30. The summed E-state index contributed by atoms with van der Waals surface area (Å²) >= 11 is 0. The van der Waals surface area contributed by atoms with E-state index in [4.69, 9.17) is 19.3 Å². The maximum atomic E-state index is 12.9. The van der Waals surface area contributed by atoms with Gasteiger partial charge in [-0.1, -0.05) is 0 Å². The van der Waals surface area contributed by atoms with Gasteiger partial charge in [0, 0.05) is 7.11 Å². The molecule has 0 spiro atoms. The number of aromatic carboxylic acids is 1. The van der Waals surface area contributed by atoms with E-state index in [1.54, 1.807) is 0 Å². The Labute approximate surface area is 115 Å². The van der Waals surface area contributed by atoms with Crippen LogP contribution in [0.2, 0.25) is 0 Å². The van der Waals surface area contributed by atoms with Crippen LogP contribution in [0.25, 0.3) is 0 Å². The summed E-state index contributed by atoms with van der Waals surface area (Å²) in [6.45, 7) is 0.630. The first-order chi connectivity index (χ1) is 9.54. The van der Waals surface area contributed by atoms with Crippen molar-refractivity contribution >= 4 is 5.97 Å². The Morgan fingerprint density at radius 2 is 2.10 bits per heavy atom. The smallest absolute Gasteiger partial charge is 0.339 e. The van der Waals surface area contributed by atoms with Crippen LogP contribution in [0.1, 0.15) is 10.4 Å². The first-order valence-electron chi connectivity index (χ1n) is 5.95. The maximum absolute atomic E-state index is 12.9. The lowest BCUT2D eigenvalue weighted by Gasteiger charge is -2.14. The van der Waals surface area contributed by atoms with Crippen LogP contribution in [0, 0.1) is 5.82 Å². The molecule has 0 aliphatic heterocycles. The second-order valence-corrected chi connectivity index (χ2v) is 3.98. The first-order valence-corrected chi connectivity index (χ1v) is 5.95. The SMILES string of the molecule is COCCOCC(O)COc1ccc(F)cc1C(=O)O. The van der Waals surface area contributed by atoms with Crippen LogP contribution in [0.4, 0.5) is 4.39 Å². The lowest BCUT2D eigenvalue weighted by atomic mass is 10.2. The monoisotopic (exact) mass is 288 g/mol. The van der Waals surface area contributed by atoms with Crippen molar-refractivity contribution < 1.29 is 33.6 Å². The van der Waals surface area contributed by atoms with Crippen LogP contribution >= 0.6 is 0 Å². The van der Waals surface area contributed by atoms with Crippen molar-refractivity contribution in [2.75, 3.05) is 33.5 Å². The number of methoxy groups -OCH3 is 1. The molecule has 0 radical (unpaired) electrons. The van der Waals surface area contributed by atoms with Gasteiger partial charge in [-0.05, 0) is 18.2 Å². The number of carboxylic acids is 1. The molecular weight excluding hydrogens is 271 g/mol. The van der Waals surface area contributed by atoms with E-state index in [-0.39, 0.29) is 24.5 Å². The van der Waals surface area contributed by atoms with Gasteiger partial charge in [-0.3, -0.25) is 0 Å². The van der Waals surface area contributed by atoms with Gasteiger partial charge in [0.15, 0.2) is 0 Å². The zero-order chi connectivity index (χ0) is 15.0. The van der Waals surface area contributed by atoms with Crippen molar-refractivity contribution in [1.82, 2.24) is 0 Å². The van der Waals surface area contributed by atoms with Crippen molar-refractivity contribution in [2.45, 2.75) is 6.10 Å². The summed E-state index contributed by atoms with van der Waals surface area (Å²) in [6.07, 6.45) is -0.918. The number of rotatable bonds is 9. The minimum Gasteiger partial charge on any atom is -0.490 e. The standard InChI is InChI=1S/C13H17FO6/c1-18-4-5-19-7-10(15)8-20-12-3-2-9(14)6-11(12)13(16)17/h2-3,6,10,15H,4-5,7-8H2,1H3,(H,16,17). The largest absolute Gasteiger partial charge is 0.490 e. The molecule has 0 saturated heterocycles. The molecule has 20 heavy (non-hydrogen) atoms. The molecule has 0 saturated carbocycles. The summed E-state index contributed by atoms with van der Waals surface area (Å²) in [7, 11) is 1.53. The molecule has 0 aromatic heterocycles. The number of aliphatic hydroxyl groups excluding tert-OH is 1. The third-order valence-corrected chi connectivity index (χ3v) is 2.35. The molecule has 1 unspecified atom stereocenters. The Hall–Kier alpha value is -1.70. The maximum Gasteiger partial charge on any atom is 0.339 e. The molecule has 1 rings (SSSR count). The van der Waals surface area contributed by atoms with Crippen molar-refractivity contribution in [3.05, 3.63) is 29.6 Å². The quantitative estimate of drug-likeness (QED) is 0.657. The predicted molar refractivity (Wildman–Crippen MR) is 67.6 cm³/mol. The van der Waals surface area contributed by atoms with Crippen LogP contribution in [0.5, 0.6) is 5.75 Å². The molecule has 7 heteroatoms. The Balaban J connectivity index is 2.46. The highest BCUT2D eigenvalue weighted by Crippen LogP contribution is 2.19. The zero-order valence-electron chi connectivity index (χ0n) is 11.0. The van der Waals surface area contributed by atoms with Crippen molar-refractivity contribution in [3.63, 3.8) is 0 Å². The third-order valence-electron chi connectivity index (χ3n) is 2.35. The Kier molecular flexibility index (Phi) is 6.92. The molecular formula is C13H17FO6.